The first-order valence-corrected chi connectivity index (χ1v) is 9.64. The van der Waals surface area contributed by atoms with Crippen molar-refractivity contribution in [2.24, 2.45) is 0 Å². The minimum absolute atomic E-state index is 0.0333. The van der Waals surface area contributed by atoms with Gasteiger partial charge in [-0.2, -0.15) is 0 Å². The summed E-state index contributed by atoms with van der Waals surface area (Å²) in [4.78, 5) is 16.6. The third kappa shape index (κ3) is 4.82. The second-order valence-corrected chi connectivity index (χ2v) is 6.79. The molecule has 0 saturated heterocycles. The topological polar surface area (TPSA) is 64.4 Å². The van der Waals surface area contributed by atoms with Crippen molar-refractivity contribution in [2.75, 3.05) is 11.9 Å². The number of para-hydroxylation sites is 1. The number of hydrogen-bond acceptors (Lipinski definition) is 4. The van der Waals surface area contributed by atoms with Crippen LogP contribution in [-0.2, 0) is 17.6 Å². The predicted molar refractivity (Wildman–Crippen MR) is 113 cm³/mol. The Morgan fingerprint density at radius 3 is 2.52 bits per heavy atom. The molecule has 0 atom stereocenters. The average molecular weight is 386 g/mol. The molecule has 1 aromatic heterocycles. The van der Waals surface area contributed by atoms with Crippen LogP contribution in [0, 0.1) is 0 Å². The van der Waals surface area contributed by atoms with Crippen LogP contribution in [0.15, 0.2) is 77.2 Å². The average Bonchev–Trinajstić information content (AvgIpc) is 3.15. The molecule has 1 N–H and O–H groups in total. The largest absolute Gasteiger partial charge is 0.484 e. The lowest BCUT2D eigenvalue weighted by atomic mass is 10.1. The Balaban J connectivity index is 1.34. The summed E-state index contributed by atoms with van der Waals surface area (Å²) in [6, 6.07) is 23.0. The Hall–Kier alpha value is -3.60. The molecule has 0 aliphatic carbocycles. The summed E-state index contributed by atoms with van der Waals surface area (Å²) in [6.45, 7) is 2.09. The quantitative estimate of drug-likeness (QED) is 0.485. The highest BCUT2D eigenvalue weighted by Crippen LogP contribution is 2.20. The minimum Gasteiger partial charge on any atom is -0.484 e. The predicted octanol–water partition coefficient (Wildman–Crippen LogP) is 5.00. The zero-order valence-electron chi connectivity index (χ0n) is 16.2. The van der Waals surface area contributed by atoms with Crippen molar-refractivity contribution in [3.8, 4) is 5.75 Å². The van der Waals surface area contributed by atoms with Crippen molar-refractivity contribution in [3.05, 3.63) is 89.8 Å². The highest BCUT2D eigenvalue weighted by atomic mass is 16.5. The second-order valence-electron chi connectivity index (χ2n) is 6.79. The number of fused-ring (bicyclic) bond motifs is 1. The molecule has 1 heterocycles. The molecule has 5 heteroatoms. The number of aryl methyl sites for hydroxylation is 1. The summed E-state index contributed by atoms with van der Waals surface area (Å²) in [6.07, 6.45) is 1.57. The maximum Gasteiger partial charge on any atom is 0.262 e. The first-order chi connectivity index (χ1) is 14.2. The molecule has 29 heavy (non-hydrogen) atoms. The van der Waals surface area contributed by atoms with Gasteiger partial charge in [0.25, 0.3) is 5.91 Å². The highest BCUT2D eigenvalue weighted by Gasteiger charge is 2.08. The summed E-state index contributed by atoms with van der Waals surface area (Å²) >= 11 is 0. The Morgan fingerprint density at radius 1 is 1.00 bits per heavy atom. The third-order valence-electron chi connectivity index (χ3n) is 4.61. The molecule has 0 aliphatic heterocycles. The van der Waals surface area contributed by atoms with Gasteiger partial charge >= 0.3 is 0 Å². The number of anilines is 1. The first-order valence-electron chi connectivity index (χ1n) is 9.64. The number of nitrogens with one attached hydrogen (secondary N) is 1. The molecule has 4 rings (SSSR count). The van der Waals surface area contributed by atoms with E-state index in [1.54, 1.807) is 0 Å². The number of nitrogens with zero attached hydrogens (tertiary/aromatic N) is 1. The summed E-state index contributed by atoms with van der Waals surface area (Å²) in [7, 11) is 0. The zero-order chi connectivity index (χ0) is 20.1. The van der Waals surface area contributed by atoms with Gasteiger partial charge in [-0.3, -0.25) is 4.79 Å². The zero-order valence-corrected chi connectivity index (χ0v) is 16.2. The fourth-order valence-electron chi connectivity index (χ4n) is 3.06. The van der Waals surface area contributed by atoms with Crippen molar-refractivity contribution in [1.29, 1.82) is 0 Å². The molecule has 0 fully saturated rings. The number of hydrogen-bond donors (Lipinski definition) is 1. The first kappa shape index (κ1) is 18.7. The molecule has 4 aromatic rings. The van der Waals surface area contributed by atoms with E-state index < -0.39 is 0 Å². The molecule has 0 aliphatic rings. The van der Waals surface area contributed by atoms with Gasteiger partial charge in [0.2, 0.25) is 0 Å². The number of rotatable bonds is 7. The number of ether oxygens (including phenoxy) is 1. The van der Waals surface area contributed by atoms with E-state index in [0.29, 0.717) is 18.1 Å². The summed E-state index contributed by atoms with van der Waals surface area (Å²) in [5.41, 5.74) is 4.72. The van der Waals surface area contributed by atoms with Gasteiger partial charge in [-0.05, 0) is 53.9 Å². The van der Waals surface area contributed by atoms with Gasteiger partial charge in [0.1, 0.15) is 11.3 Å². The molecular weight excluding hydrogens is 364 g/mol. The molecule has 0 spiro atoms. The molecule has 5 nitrogen and oxygen atoms in total. The van der Waals surface area contributed by atoms with E-state index in [2.05, 4.69) is 29.4 Å². The molecule has 146 valence electrons. The van der Waals surface area contributed by atoms with Crippen LogP contribution in [0.5, 0.6) is 5.75 Å². The van der Waals surface area contributed by atoms with Crippen LogP contribution in [0.25, 0.3) is 11.1 Å². The van der Waals surface area contributed by atoms with Crippen LogP contribution in [-0.4, -0.2) is 17.5 Å². The van der Waals surface area contributed by atoms with Crippen LogP contribution in [0.1, 0.15) is 23.9 Å². The fourth-order valence-corrected chi connectivity index (χ4v) is 3.06. The Kier molecular flexibility index (Phi) is 5.56. The molecular formula is C24H22N2O3. The Morgan fingerprint density at radius 2 is 1.76 bits per heavy atom. The van der Waals surface area contributed by atoms with Crippen LogP contribution >= 0.6 is 0 Å². The maximum absolute atomic E-state index is 12.1. The summed E-state index contributed by atoms with van der Waals surface area (Å²) < 4.78 is 11.3. The van der Waals surface area contributed by atoms with Crippen molar-refractivity contribution in [1.82, 2.24) is 4.98 Å². The van der Waals surface area contributed by atoms with E-state index in [0.717, 1.165) is 28.8 Å². The monoisotopic (exact) mass is 386 g/mol. The van der Waals surface area contributed by atoms with Gasteiger partial charge in [0.05, 0.1) is 0 Å². The molecule has 3 aromatic carbocycles. The van der Waals surface area contributed by atoms with E-state index in [9.17, 15) is 4.79 Å². The van der Waals surface area contributed by atoms with E-state index in [1.807, 2.05) is 60.7 Å². The van der Waals surface area contributed by atoms with E-state index in [4.69, 9.17) is 9.15 Å². The maximum atomic E-state index is 12.1. The number of aromatic nitrogens is 1. The molecule has 0 saturated carbocycles. The molecule has 1 amide bonds. The van der Waals surface area contributed by atoms with E-state index in [1.165, 1.54) is 5.56 Å². The third-order valence-corrected chi connectivity index (χ3v) is 4.61. The second kappa shape index (κ2) is 8.61. The molecule has 0 unspecified atom stereocenters. The van der Waals surface area contributed by atoms with Crippen LogP contribution in [0.2, 0.25) is 0 Å². The van der Waals surface area contributed by atoms with Crippen molar-refractivity contribution < 1.29 is 13.9 Å². The number of amides is 1. The standard InChI is InChI=1S/C24H22N2O3/c1-2-17-10-13-22-21(14-17)26-24(29-22)15-18-8-11-19(12-9-18)25-23(27)16-28-20-6-4-3-5-7-20/h3-14H,2,15-16H2,1H3,(H,25,27). The van der Waals surface area contributed by atoms with Crippen LogP contribution < -0.4 is 10.1 Å². The van der Waals surface area contributed by atoms with Gasteiger partial charge < -0.3 is 14.5 Å². The lowest BCUT2D eigenvalue weighted by Gasteiger charge is -2.08. The van der Waals surface area contributed by atoms with Gasteiger partial charge in [0.15, 0.2) is 18.1 Å². The minimum atomic E-state index is -0.202. The fraction of sp³-hybridized carbons (Fsp3) is 0.167. The Labute approximate surface area is 169 Å². The lowest BCUT2D eigenvalue weighted by Crippen LogP contribution is -2.20. The van der Waals surface area contributed by atoms with Crippen molar-refractivity contribution >= 4 is 22.7 Å². The highest BCUT2D eigenvalue weighted by molar-refractivity contribution is 5.91. The van der Waals surface area contributed by atoms with E-state index in [-0.39, 0.29) is 12.5 Å². The lowest BCUT2D eigenvalue weighted by molar-refractivity contribution is -0.118. The number of benzene rings is 3. The number of carbonyl (C=O) groups excluding carboxylic acids is 1. The van der Waals surface area contributed by atoms with Crippen LogP contribution in [0.4, 0.5) is 5.69 Å². The SMILES string of the molecule is CCc1ccc2oc(Cc3ccc(NC(=O)COc4ccccc4)cc3)nc2c1. The van der Waals surface area contributed by atoms with Gasteiger partial charge in [-0.15, -0.1) is 0 Å². The van der Waals surface area contributed by atoms with Gasteiger partial charge in [-0.1, -0.05) is 43.3 Å². The van der Waals surface area contributed by atoms with Gasteiger partial charge in [0, 0.05) is 12.1 Å². The number of oxazole rings is 1. The summed E-state index contributed by atoms with van der Waals surface area (Å²) in [5, 5.41) is 2.83. The number of carbonyl (C=O) groups is 1. The van der Waals surface area contributed by atoms with Crippen molar-refractivity contribution in [2.45, 2.75) is 19.8 Å². The normalized spacial score (nSPS) is 10.8. The summed E-state index contributed by atoms with van der Waals surface area (Å²) in [5.74, 6) is 1.15. The Bertz CT molecular complexity index is 1100. The van der Waals surface area contributed by atoms with E-state index >= 15 is 0 Å². The van der Waals surface area contributed by atoms with Crippen molar-refractivity contribution in [3.63, 3.8) is 0 Å². The van der Waals surface area contributed by atoms with Crippen LogP contribution in [0.3, 0.4) is 0 Å². The van der Waals surface area contributed by atoms with Gasteiger partial charge in [-0.25, -0.2) is 4.98 Å². The smallest absolute Gasteiger partial charge is 0.262 e. The molecule has 0 bridgehead atoms. The molecule has 0 radical (unpaired) electrons.